The largest absolute Gasteiger partial charge is 0.449 e. The molecule has 2 aromatic rings. The van der Waals surface area contributed by atoms with Crippen LogP contribution in [0.3, 0.4) is 0 Å². The molecule has 0 saturated heterocycles. The predicted octanol–water partition coefficient (Wildman–Crippen LogP) is 4.02. The Morgan fingerprint density at radius 2 is 1.71 bits per heavy atom. The molecule has 1 atom stereocenters. The Morgan fingerprint density at radius 3 is 2.38 bits per heavy atom. The monoisotopic (exact) mass is 330 g/mol. The van der Waals surface area contributed by atoms with E-state index in [1.165, 1.54) is 0 Å². The van der Waals surface area contributed by atoms with Crippen molar-refractivity contribution >= 4 is 23.0 Å². The molecule has 0 aliphatic heterocycles. The zero-order valence-electron chi connectivity index (χ0n) is 14.1. The molecule has 24 heavy (non-hydrogen) atoms. The van der Waals surface area contributed by atoms with Gasteiger partial charge in [0.2, 0.25) is 0 Å². The van der Waals surface area contributed by atoms with Crippen LogP contribution >= 0.6 is 0 Å². The van der Waals surface area contributed by atoms with Gasteiger partial charge in [-0.15, -0.1) is 0 Å². The summed E-state index contributed by atoms with van der Waals surface area (Å²) in [6, 6.07) is 13.4. The van der Waals surface area contributed by atoms with E-state index in [1.807, 2.05) is 49.4 Å². The second kappa shape index (κ2) is 8.19. The highest BCUT2D eigenvalue weighted by atomic mass is 16.6. The summed E-state index contributed by atoms with van der Waals surface area (Å²) >= 11 is 0. The zero-order valence-corrected chi connectivity index (χ0v) is 14.1. The Hall–Kier alpha value is -2.76. The van der Waals surface area contributed by atoms with Gasteiger partial charge < -0.3 is 9.47 Å². The number of carbonyl (C=O) groups is 2. The van der Waals surface area contributed by atoms with Crippen molar-refractivity contribution in [2.75, 3.05) is 13.2 Å². The molecule has 0 aliphatic rings. The molecule has 0 aromatic heterocycles. The summed E-state index contributed by atoms with van der Waals surface area (Å²) in [5.41, 5.74) is 3.32. The van der Waals surface area contributed by atoms with Crippen molar-refractivity contribution < 1.29 is 19.1 Å². The van der Waals surface area contributed by atoms with Gasteiger partial charge in [0.25, 0.3) is 0 Å². The molecule has 2 aromatic carbocycles. The maximum absolute atomic E-state index is 12.2. The smallest absolute Gasteiger partial charge is 0.429 e. The van der Waals surface area contributed by atoms with Crippen LogP contribution in [0, 0.1) is 0 Å². The average molecular weight is 330 g/mol. The van der Waals surface area contributed by atoms with Gasteiger partial charge in [0, 0.05) is 0 Å². The number of fused-ring (bicyclic) bond motifs is 1. The van der Waals surface area contributed by atoms with Crippen molar-refractivity contribution in [3.8, 4) is 0 Å². The van der Waals surface area contributed by atoms with Gasteiger partial charge >= 0.3 is 12.2 Å². The first-order chi connectivity index (χ1) is 11.6. The SMILES string of the molecule is CCOC(=O)NN(C(=O)OCC)C(C)c1ccc2ccccc2c1. The second-order valence-corrected chi connectivity index (χ2v) is 5.18. The minimum absolute atomic E-state index is 0.213. The van der Waals surface area contributed by atoms with E-state index in [0.717, 1.165) is 21.3 Å². The molecule has 0 heterocycles. The number of rotatable bonds is 4. The van der Waals surface area contributed by atoms with E-state index in [0.29, 0.717) is 0 Å². The topological polar surface area (TPSA) is 67.9 Å². The Morgan fingerprint density at radius 1 is 1.04 bits per heavy atom. The first kappa shape index (κ1) is 17.6. The molecule has 1 unspecified atom stereocenters. The fraction of sp³-hybridized carbons (Fsp3) is 0.333. The molecule has 0 saturated carbocycles. The van der Waals surface area contributed by atoms with E-state index in [1.54, 1.807) is 13.8 Å². The number of amides is 2. The van der Waals surface area contributed by atoms with Crippen LogP contribution in [0.4, 0.5) is 9.59 Å². The Balaban J connectivity index is 2.28. The van der Waals surface area contributed by atoms with Crippen LogP contribution < -0.4 is 5.43 Å². The normalized spacial score (nSPS) is 11.6. The standard InChI is InChI=1S/C18H22N2O4/c1-4-23-17(21)19-20(18(22)24-5-2)13(3)15-11-10-14-8-6-7-9-16(14)12-15/h6-13H,4-5H2,1-3H3,(H,19,21). The van der Waals surface area contributed by atoms with E-state index in [2.05, 4.69) is 5.43 Å². The molecule has 0 bridgehead atoms. The lowest BCUT2D eigenvalue weighted by Crippen LogP contribution is -2.48. The first-order valence-corrected chi connectivity index (χ1v) is 7.94. The van der Waals surface area contributed by atoms with E-state index in [9.17, 15) is 9.59 Å². The molecular weight excluding hydrogens is 308 g/mol. The van der Waals surface area contributed by atoms with Crippen LogP contribution in [0.5, 0.6) is 0 Å². The van der Waals surface area contributed by atoms with Gasteiger partial charge in [-0.1, -0.05) is 36.4 Å². The summed E-state index contributed by atoms with van der Waals surface area (Å²) in [6.07, 6.45) is -1.33. The van der Waals surface area contributed by atoms with Gasteiger partial charge in [-0.25, -0.2) is 20.0 Å². The Labute approximate surface area is 141 Å². The highest BCUT2D eigenvalue weighted by Crippen LogP contribution is 2.24. The molecular formula is C18H22N2O4. The summed E-state index contributed by atoms with van der Waals surface area (Å²) in [6.45, 7) is 5.65. The van der Waals surface area contributed by atoms with Crippen molar-refractivity contribution in [2.45, 2.75) is 26.8 Å². The molecule has 6 heteroatoms. The molecule has 2 amide bonds. The number of carbonyl (C=O) groups excluding carboxylic acids is 2. The number of nitrogens with one attached hydrogen (secondary N) is 1. The first-order valence-electron chi connectivity index (χ1n) is 7.94. The van der Waals surface area contributed by atoms with Crippen molar-refractivity contribution in [1.82, 2.24) is 10.4 Å². The number of nitrogens with zero attached hydrogens (tertiary/aromatic N) is 1. The molecule has 2 rings (SSSR count). The van der Waals surface area contributed by atoms with Gasteiger partial charge in [-0.2, -0.15) is 0 Å². The maximum atomic E-state index is 12.2. The molecule has 0 radical (unpaired) electrons. The van der Waals surface area contributed by atoms with Crippen molar-refractivity contribution in [2.24, 2.45) is 0 Å². The Bertz CT molecular complexity index is 717. The summed E-state index contributed by atoms with van der Waals surface area (Å²) in [5, 5.41) is 3.31. The molecule has 1 N–H and O–H groups in total. The third-order valence-electron chi connectivity index (χ3n) is 3.59. The van der Waals surface area contributed by atoms with Crippen molar-refractivity contribution in [1.29, 1.82) is 0 Å². The summed E-state index contributed by atoms with van der Waals surface area (Å²) in [7, 11) is 0. The van der Waals surface area contributed by atoms with Gasteiger partial charge in [0.05, 0.1) is 19.3 Å². The van der Waals surface area contributed by atoms with E-state index in [4.69, 9.17) is 9.47 Å². The average Bonchev–Trinajstić information content (AvgIpc) is 2.59. The molecule has 0 fully saturated rings. The lowest BCUT2D eigenvalue weighted by molar-refractivity contribution is 0.0582. The lowest BCUT2D eigenvalue weighted by atomic mass is 10.0. The van der Waals surface area contributed by atoms with Gasteiger partial charge in [0.15, 0.2) is 0 Å². The minimum Gasteiger partial charge on any atom is -0.449 e. The van der Waals surface area contributed by atoms with Crippen LogP contribution in [0.15, 0.2) is 42.5 Å². The van der Waals surface area contributed by atoms with Crippen molar-refractivity contribution in [3.63, 3.8) is 0 Å². The number of hydrogen-bond acceptors (Lipinski definition) is 4. The van der Waals surface area contributed by atoms with E-state index in [-0.39, 0.29) is 13.2 Å². The number of hydrazine groups is 1. The molecule has 128 valence electrons. The van der Waals surface area contributed by atoms with Crippen LogP contribution in [-0.2, 0) is 9.47 Å². The lowest BCUT2D eigenvalue weighted by Gasteiger charge is -2.28. The van der Waals surface area contributed by atoms with Crippen LogP contribution in [0.25, 0.3) is 10.8 Å². The quantitative estimate of drug-likeness (QED) is 0.860. The van der Waals surface area contributed by atoms with Crippen molar-refractivity contribution in [3.05, 3.63) is 48.0 Å². The highest BCUT2D eigenvalue weighted by Gasteiger charge is 2.25. The van der Waals surface area contributed by atoms with Crippen LogP contribution in [0.2, 0.25) is 0 Å². The number of benzene rings is 2. The fourth-order valence-corrected chi connectivity index (χ4v) is 2.37. The van der Waals surface area contributed by atoms with Gasteiger partial charge in [0.1, 0.15) is 0 Å². The predicted molar refractivity (Wildman–Crippen MR) is 91.4 cm³/mol. The minimum atomic E-state index is -0.696. The number of hydrogen-bond donors (Lipinski definition) is 1. The Kier molecular flexibility index (Phi) is 6.01. The van der Waals surface area contributed by atoms with Crippen LogP contribution in [0.1, 0.15) is 32.4 Å². The molecule has 0 aliphatic carbocycles. The van der Waals surface area contributed by atoms with E-state index < -0.39 is 18.2 Å². The third kappa shape index (κ3) is 4.16. The maximum Gasteiger partial charge on any atom is 0.429 e. The molecule has 6 nitrogen and oxygen atoms in total. The third-order valence-corrected chi connectivity index (χ3v) is 3.59. The summed E-state index contributed by atoms with van der Waals surface area (Å²) in [4.78, 5) is 23.9. The van der Waals surface area contributed by atoms with Crippen LogP contribution in [-0.4, -0.2) is 30.4 Å². The van der Waals surface area contributed by atoms with Gasteiger partial charge in [-0.05, 0) is 43.2 Å². The molecule has 0 spiro atoms. The highest BCUT2D eigenvalue weighted by molar-refractivity contribution is 5.83. The fourth-order valence-electron chi connectivity index (χ4n) is 2.37. The van der Waals surface area contributed by atoms with Gasteiger partial charge in [-0.3, -0.25) is 0 Å². The van der Waals surface area contributed by atoms with E-state index >= 15 is 0 Å². The zero-order chi connectivity index (χ0) is 17.5. The summed E-state index contributed by atoms with van der Waals surface area (Å²) in [5.74, 6) is 0. The second-order valence-electron chi connectivity index (χ2n) is 5.18. The number of ether oxygens (including phenoxy) is 2. The summed E-state index contributed by atoms with van der Waals surface area (Å²) < 4.78 is 9.89.